The van der Waals surface area contributed by atoms with Gasteiger partial charge in [0, 0.05) is 11.5 Å². The predicted molar refractivity (Wildman–Crippen MR) is 118 cm³/mol. The van der Waals surface area contributed by atoms with Crippen LogP contribution in [-0.4, -0.2) is 0 Å². The van der Waals surface area contributed by atoms with Gasteiger partial charge >= 0.3 is 0 Å². The second-order valence-corrected chi connectivity index (χ2v) is 8.15. The first-order valence-electron chi connectivity index (χ1n) is 11.0. The van der Waals surface area contributed by atoms with Gasteiger partial charge in [0.2, 0.25) is 0 Å². The van der Waals surface area contributed by atoms with Gasteiger partial charge in [0.25, 0.3) is 0 Å². The van der Waals surface area contributed by atoms with E-state index < -0.39 is 0 Å². The summed E-state index contributed by atoms with van der Waals surface area (Å²) in [5.74, 6) is 8.52. The van der Waals surface area contributed by atoms with Crippen LogP contribution < -0.4 is 0 Å². The second kappa shape index (κ2) is 10.4. The maximum atomic E-state index is 3.54. The van der Waals surface area contributed by atoms with Crippen LogP contribution in [0.2, 0.25) is 0 Å². The number of benzene rings is 2. The fourth-order valence-corrected chi connectivity index (χ4v) is 4.18. The average molecular weight is 359 g/mol. The van der Waals surface area contributed by atoms with Gasteiger partial charge in [-0.15, -0.1) is 0 Å². The number of rotatable bonds is 6. The molecule has 27 heavy (non-hydrogen) atoms. The van der Waals surface area contributed by atoms with Gasteiger partial charge in [0.05, 0.1) is 0 Å². The molecular formula is C27H34. The summed E-state index contributed by atoms with van der Waals surface area (Å²) in [5.41, 5.74) is 5.16. The standard InChI is InChI=1S/C27H34/c1-3-5-7-23-14-18-26(19-15-23)27-20-16-25(17-21-27)13-12-24-10-8-22(6-4-2)9-11-24/h14-22,24H,3-11H2,1-2H3/t22-,24-. The van der Waals surface area contributed by atoms with E-state index in [-0.39, 0.29) is 0 Å². The van der Waals surface area contributed by atoms with Crippen LogP contribution in [-0.2, 0) is 6.42 Å². The monoisotopic (exact) mass is 358 g/mol. The van der Waals surface area contributed by atoms with E-state index in [9.17, 15) is 0 Å². The van der Waals surface area contributed by atoms with Crippen LogP contribution in [0.3, 0.4) is 0 Å². The zero-order chi connectivity index (χ0) is 18.9. The maximum absolute atomic E-state index is 3.54. The predicted octanol–water partition coefficient (Wildman–Crippen LogP) is 7.65. The Kier molecular flexibility index (Phi) is 7.58. The summed E-state index contributed by atoms with van der Waals surface area (Å²) in [6.07, 6.45) is 11.8. The molecule has 2 aromatic carbocycles. The zero-order valence-electron chi connectivity index (χ0n) is 17.1. The van der Waals surface area contributed by atoms with E-state index in [1.54, 1.807) is 0 Å². The Morgan fingerprint density at radius 1 is 0.778 bits per heavy atom. The molecule has 0 N–H and O–H groups in total. The summed E-state index contributed by atoms with van der Waals surface area (Å²) < 4.78 is 0. The fourth-order valence-electron chi connectivity index (χ4n) is 4.18. The van der Waals surface area contributed by atoms with Crippen molar-refractivity contribution in [2.24, 2.45) is 11.8 Å². The molecule has 0 unspecified atom stereocenters. The lowest BCUT2D eigenvalue weighted by molar-refractivity contribution is 0.300. The Morgan fingerprint density at radius 2 is 1.41 bits per heavy atom. The van der Waals surface area contributed by atoms with Crippen molar-refractivity contribution in [3.8, 4) is 23.0 Å². The Bertz CT molecular complexity index is 731. The van der Waals surface area contributed by atoms with E-state index in [2.05, 4.69) is 74.2 Å². The van der Waals surface area contributed by atoms with Gasteiger partial charge in [-0.3, -0.25) is 0 Å². The normalized spacial score (nSPS) is 19.3. The molecule has 1 saturated carbocycles. The summed E-state index contributed by atoms with van der Waals surface area (Å²) in [6.45, 7) is 4.55. The summed E-state index contributed by atoms with van der Waals surface area (Å²) in [7, 11) is 0. The number of unbranched alkanes of at least 4 members (excludes halogenated alkanes) is 1. The number of hydrogen-bond donors (Lipinski definition) is 0. The molecule has 142 valence electrons. The lowest BCUT2D eigenvalue weighted by Crippen LogP contribution is -2.13. The number of hydrogen-bond acceptors (Lipinski definition) is 0. The molecule has 0 atom stereocenters. The molecule has 0 spiro atoms. The molecule has 0 heteroatoms. The smallest absolute Gasteiger partial charge is 0.0245 e. The molecule has 0 radical (unpaired) electrons. The first kappa shape index (κ1) is 19.8. The molecule has 1 fully saturated rings. The second-order valence-electron chi connectivity index (χ2n) is 8.15. The molecule has 0 heterocycles. The van der Waals surface area contributed by atoms with Crippen LogP contribution in [0.4, 0.5) is 0 Å². The van der Waals surface area contributed by atoms with Crippen molar-refractivity contribution >= 4 is 0 Å². The molecule has 3 rings (SSSR count). The van der Waals surface area contributed by atoms with E-state index in [1.165, 1.54) is 74.5 Å². The van der Waals surface area contributed by atoms with Crippen molar-refractivity contribution in [1.29, 1.82) is 0 Å². The highest BCUT2D eigenvalue weighted by Crippen LogP contribution is 2.31. The minimum absolute atomic E-state index is 0.605. The van der Waals surface area contributed by atoms with Gasteiger partial charge in [0.15, 0.2) is 0 Å². The lowest BCUT2D eigenvalue weighted by Gasteiger charge is -2.25. The quantitative estimate of drug-likeness (QED) is 0.465. The highest BCUT2D eigenvalue weighted by atomic mass is 14.2. The topological polar surface area (TPSA) is 0 Å². The molecule has 0 amide bonds. The third kappa shape index (κ3) is 6.00. The number of aryl methyl sites for hydroxylation is 1. The van der Waals surface area contributed by atoms with Crippen molar-refractivity contribution in [2.75, 3.05) is 0 Å². The van der Waals surface area contributed by atoms with E-state index >= 15 is 0 Å². The van der Waals surface area contributed by atoms with Gasteiger partial charge in [-0.05, 0) is 73.3 Å². The molecule has 0 aliphatic heterocycles. The SMILES string of the molecule is CCCCc1ccc(-c2ccc(C#C[C@H]3CC[C@H](CCC)CC3)cc2)cc1. The Hall–Kier alpha value is -2.00. The zero-order valence-corrected chi connectivity index (χ0v) is 17.1. The van der Waals surface area contributed by atoms with Crippen molar-refractivity contribution < 1.29 is 0 Å². The first-order chi connectivity index (χ1) is 13.3. The maximum Gasteiger partial charge on any atom is 0.0245 e. The highest BCUT2D eigenvalue weighted by Gasteiger charge is 2.18. The summed E-state index contributed by atoms with van der Waals surface area (Å²) >= 11 is 0. The van der Waals surface area contributed by atoms with Gasteiger partial charge in [-0.1, -0.05) is 81.3 Å². The van der Waals surface area contributed by atoms with Gasteiger partial charge in [-0.2, -0.15) is 0 Å². The fraction of sp³-hybridized carbons (Fsp3) is 0.481. The lowest BCUT2D eigenvalue weighted by atomic mass is 9.80. The molecule has 0 aromatic heterocycles. The third-order valence-electron chi connectivity index (χ3n) is 5.96. The summed E-state index contributed by atoms with van der Waals surface area (Å²) in [4.78, 5) is 0. The van der Waals surface area contributed by atoms with Crippen molar-refractivity contribution in [1.82, 2.24) is 0 Å². The van der Waals surface area contributed by atoms with Crippen LogP contribution in [0, 0.1) is 23.7 Å². The summed E-state index contributed by atoms with van der Waals surface area (Å²) in [6, 6.07) is 17.8. The largest absolute Gasteiger partial charge is 0.0945 e. The molecule has 2 aromatic rings. The Balaban J connectivity index is 1.56. The van der Waals surface area contributed by atoms with Crippen LogP contribution in [0.1, 0.15) is 76.3 Å². The minimum atomic E-state index is 0.605. The van der Waals surface area contributed by atoms with E-state index in [0.717, 1.165) is 11.5 Å². The molecular weight excluding hydrogens is 324 g/mol. The molecule has 1 aliphatic rings. The molecule has 0 saturated heterocycles. The Labute approximate surface area is 166 Å². The van der Waals surface area contributed by atoms with Crippen molar-refractivity contribution in [2.45, 2.75) is 71.6 Å². The average Bonchev–Trinajstić information content (AvgIpc) is 2.73. The van der Waals surface area contributed by atoms with E-state index in [4.69, 9.17) is 0 Å². The van der Waals surface area contributed by atoms with Crippen LogP contribution >= 0.6 is 0 Å². The highest BCUT2D eigenvalue weighted by molar-refractivity contribution is 5.64. The van der Waals surface area contributed by atoms with Crippen molar-refractivity contribution in [3.63, 3.8) is 0 Å². The molecule has 0 bridgehead atoms. The van der Waals surface area contributed by atoms with Gasteiger partial charge < -0.3 is 0 Å². The summed E-state index contributed by atoms with van der Waals surface area (Å²) in [5, 5.41) is 0. The molecule has 1 aliphatic carbocycles. The van der Waals surface area contributed by atoms with Gasteiger partial charge in [-0.25, -0.2) is 0 Å². The third-order valence-corrected chi connectivity index (χ3v) is 5.96. The van der Waals surface area contributed by atoms with E-state index in [0.29, 0.717) is 5.92 Å². The first-order valence-corrected chi connectivity index (χ1v) is 11.0. The van der Waals surface area contributed by atoms with Crippen molar-refractivity contribution in [3.05, 3.63) is 59.7 Å². The van der Waals surface area contributed by atoms with Crippen LogP contribution in [0.15, 0.2) is 48.5 Å². The minimum Gasteiger partial charge on any atom is -0.0945 e. The van der Waals surface area contributed by atoms with Gasteiger partial charge in [0.1, 0.15) is 0 Å². The molecule has 0 nitrogen and oxygen atoms in total. The Morgan fingerprint density at radius 3 is 2.00 bits per heavy atom. The van der Waals surface area contributed by atoms with Crippen LogP contribution in [0.25, 0.3) is 11.1 Å². The van der Waals surface area contributed by atoms with E-state index in [1.807, 2.05) is 0 Å². The van der Waals surface area contributed by atoms with Crippen LogP contribution in [0.5, 0.6) is 0 Å².